The average Bonchev–Trinajstić information content (AvgIpc) is 1.96. The van der Waals surface area contributed by atoms with Crippen molar-refractivity contribution in [2.24, 2.45) is 5.16 Å². The summed E-state index contributed by atoms with van der Waals surface area (Å²) in [6.07, 6.45) is 2.18. The van der Waals surface area contributed by atoms with E-state index in [4.69, 9.17) is 4.74 Å². The quantitative estimate of drug-likeness (QED) is 0.260. The first kappa shape index (κ1) is 10.1. The number of oxime groups is 1. The number of rotatable bonds is 5. The molecular formula is C7H13NO3. The zero-order valence-electron chi connectivity index (χ0n) is 6.87. The van der Waals surface area contributed by atoms with Gasteiger partial charge in [0.25, 0.3) is 0 Å². The first-order chi connectivity index (χ1) is 5.27. The highest BCUT2D eigenvalue weighted by Crippen LogP contribution is 1.80. The van der Waals surface area contributed by atoms with Gasteiger partial charge in [0.2, 0.25) is 0 Å². The molecule has 0 rings (SSSR count). The maximum Gasteiger partial charge on any atom is 0.331 e. The molecule has 0 N–H and O–H groups in total. The fourth-order valence-electron chi connectivity index (χ4n) is 0.445. The van der Waals surface area contributed by atoms with Crippen molar-refractivity contribution in [1.29, 1.82) is 0 Å². The molecule has 0 fully saturated rings. The lowest BCUT2D eigenvalue weighted by Crippen LogP contribution is -1.95. The SMILES string of the molecule is CCOCCC=NOC(C)=O. The normalized spacial score (nSPS) is 10.4. The second kappa shape index (κ2) is 7.21. The number of ether oxygens (including phenoxy) is 1. The molecule has 0 saturated carbocycles. The predicted molar refractivity (Wildman–Crippen MR) is 41.4 cm³/mol. The minimum atomic E-state index is -0.405. The molecule has 0 aliphatic rings. The molecule has 0 aliphatic heterocycles. The number of hydrogen-bond donors (Lipinski definition) is 0. The van der Waals surface area contributed by atoms with Crippen LogP contribution in [0.5, 0.6) is 0 Å². The molecule has 0 radical (unpaired) electrons. The first-order valence-corrected chi connectivity index (χ1v) is 3.54. The molecule has 11 heavy (non-hydrogen) atoms. The minimum absolute atomic E-state index is 0.405. The van der Waals surface area contributed by atoms with Gasteiger partial charge in [-0.3, -0.25) is 0 Å². The smallest absolute Gasteiger partial charge is 0.331 e. The highest BCUT2D eigenvalue weighted by Gasteiger charge is 1.86. The van der Waals surface area contributed by atoms with Gasteiger partial charge in [0, 0.05) is 26.2 Å². The lowest BCUT2D eigenvalue weighted by molar-refractivity contribution is -0.140. The third-order valence-electron chi connectivity index (χ3n) is 0.851. The fraction of sp³-hybridized carbons (Fsp3) is 0.714. The van der Waals surface area contributed by atoms with Crippen LogP contribution in [0.2, 0.25) is 0 Å². The molecule has 0 spiro atoms. The summed E-state index contributed by atoms with van der Waals surface area (Å²) in [5.74, 6) is -0.405. The van der Waals surface area contributed by atoms with Gasteiger partial charge >= 0.3 is 5.97 Å². The molecular weight excluding hydrogens is 146 g/mol. The van der Waals surface area contributed by atoms with Crippen LogP contribution in [0.25, 0.3) is 0 Å². The van der Waals surface area contributed by atoms with E-state index in [0.717, 1.165) is 0 Å². The molecule has 64 valence electrons. The van der Waals surface area contributed by atoms with E-state index in [1.54, 1.807) is 0 Å². The Hall–Kier alpha value is -0.900. The Balaban J connectivity index is 3.10. The van der Waals surface area contributed by atoms with E-state index in [9.17, 15) is 4.79 Å². The molecule has 0 aromatic rings. The van der Waals surface area contributed by atoms with Crippen molar-refractivity contribution < 1.29 is 14.4 Å². The second-order valence-electron chi connectivity index (χ2n) is 1.86. The number of carbonyl (C=O) groups is 1. The maximum absolute atomic E-state index is 10.2. The molecule has 0 amide bonds. The summed E-state index contributed by atoms with van der Waals surface area (Å²) < 4.78 is 5.01. The standard InChI is InChI=1S/C7H13NO3/c1-3-10-6-4-5-8-11-7(2)9/h5H,3-4,6H2,1-2H3. The van der Waals surface area contributed by atoms with Gasteiger partial charge in [-0.2, -0.15) is 0 Å². The minimum Gasteiger partial charge on any atom is -0.381 e. The van der Waals surface area contributed by atoms with Crippen LogP contribution in [0.15, 0.2) is 5.16 Å². The molecule has 0 heterocycles. The van der Waals surface area contributed by atoms with Crippen LogP contribution < -0.4 is 0 Å². The molecule has 0 aliphatic carbocycles. The van der Waals surface area contributed by atoms with Crippen molar-refractivity contribution in [3.63, 3.8) is 0 Å². The van der Waals surface area contributed by atoms with Crippen molar-refractivity contribution >= 4 is 12.2 Å². The average molecular weight is 159 g/mol. The summed E-state index contributed by atoms with van der Waals surface area (Å²) in [7, 11) is 0. The molecule has 0 saturated heterocycles. The topological polar surface area (TPSA) is 47.9 Å². The fourth-order valence-corrected chi connectivity index (χ4v) is 0.445. The van der Waals surface area contributed by atoms with E-state index in [1.165, 1.54) is 13.1 Å². The van der Waals surface area contributed by atoms with E-state index >= 15 is 0 Å². The van der Waals surface area contributed by atoms with Crippen LogP contribution in [0.4, 0.5) is 0 Å². The van der Waals surface area contributed by atoms with Gasteiger partial charge in [0.15, 0.2) is 0 Å². The van der Waals surface area contributed by atoms with Gasteiger partial charge in [-0.1, -0.05) is 5.16 Å². The zero-order valence-corrected chi connectivity index (χ0v) is 6.87. The molecule has 0 bridgehead atoms. The van der Waals surface area contributed by atoms with Gasteiger partial charge in [-0.05, 0) is 6.92 Å². The zero-order chi connectivity index (χ0) is 8.53. The molecule has 0 aromatic carbocycles. The van der Waals surface area contributed by atoms with Crippen molar-refractivity contribution in [3.05, 3.63) is 0 Å². The second-order valence-corrected chi connectivity index (χ2v) is 1.86. The molecule has 0 unspecified atom stereocenters. The van der Waals surface area contributed by atoms with Crippen molar-refractivity contribution in [2.75, 3.05) is 13.2 Å². The first-order valence-electron chi connectivity index (χ1n) is 3.54. The summed E-state index contributed by atoms with van der Waals surface area (Å²) in [6, 6.07) is 0. The Kier molecular flexibility index (Phi) is 6.62. The molecule has 0 aromatic heterocycles. The van der Waals surface area contributed by atoms with Crippen LogP contribution in [-0.4, -0.2) is 25.4 Å². The Morgan fingerprint density at radius 2 is 2.36 bits per heavy atom. The number of hydrogen-bond acceptors (Lipinski definition) is 4. The number of carbonyl (C=O) groups excluding carboxylic acids is 1. The monoisotopic (exact) mass is 159 g/mol. The maximum atomic E-state index is 10.2. The summed E-state index contributed by atoms with van der Waals surface area (Å²) >= 11 is 0. The van der Waals surface area contributed by atoms with Crippen LogP contribution in [0, 0.1) is 0 Å². The van der Waals surface area contributed by atoms with E-state index in [2.05, 4.69) is 9.99 Å². The van der Waals surface area contributed by atoms with E-state index in [0.29, 0.717) is 19.6 Å². The Bertz CT molecular complexity index is 134. The summed E-state index contributed by atoms with van der Waals surface area (Å²) in [5.41, 5.74) is 0. The third kappa shape index (κ3) is 9.10. The van der Waals surface area contributed by atoms with Gasteiger partial charge in [-0.15, -0.1) is 0 Å². The van der Waals surface area contributed by atoms with Gasteiger partial charge in [0.05, 0.1) is 6.61 Å². The van der Waals surface area contributed by atoms with Crippen LogP contribution >= 0.6 is 0 Å². The summed E-state index contributed by atoms with van der Waals surface area (Å²) in [5, 5.41) is 3.39. The Labute approximate surface area is 66.2 Å². The summed E-state index contributed by atoms with van der Waals surface area (Å²) in [6.45, 7) is 4.53. The van der Waals surface area contributed by atoms with Crippen LogP contribution in [0.3, 0.4) is 0 Å². The molecule has 0 atom stereocenters. The lowest BCUT2D eigenvalue weighted by Gasteiger charge is -1.94. The Morgan fingerprint density at radius 1 is 1.64 bits per heavy atom. The third-order valence-corrected chi connectivity index (χ3v) is 0.851. The number of nitrogens with zero attached hydrogens (tertiary/aromatic N) is 1. The van der Waals surface area contributed by atoms with E-state index in [-0.39, 0.29) is 0 Å². The van der Waals surface area contributed by atoms with Gasteiger partial charge < -0.3 is 9.57 Å². The van der Waals surface area contributed by atoms with Gasteiger partial charge in [-0.25, -0.2) is 4.79 Å². The largest absolute Gasteiger partial charge is 0.381 e. The van der Waals surface area contributed by atoms with E-state index in [1.807, 2.05) is 6.92 Å². The highest BCUT2D eigenvalue weighted by molar-refractivity contribution is 5.67. The molecule has 4 nitrogen and oxygen atoms in total. The van der Waals surface area contributed by atoms with Crippen LogP contribution in [0.1, 0.15) is 20.3 Å². The molecule has 4 heteroatoms. The lowest BCUT2D eigenvalue weighted by atomic mass is 10.5. The predicted octanol–water partition coefficient (Wildman–Crippen LogP) is 0.962. The Morgan fingerprint density at radius 3 is 2.91 bits per heavy atom. The van der Waals surface area contributed by atoms with Crippen molar-refractivity contribution in [3.8, 4) is 0 Å². The highest BCUT2D eigenvalue weighted by atomic mass is 16.7. The summed E-state index contributed by atoms with van der Waals surface area (Å²) in [4.78, 5) is 14.5. The van der Waals surface area contributed by atoms with Crippen molar-refractivity contribution in [2.45, 2.75) is 20.3 Å². The van der Waals surface area contributed by atoms with Crippen LogP contribution in [-0.2, 0) is 14.4 Å². The van der Waals surface area contributed by atoms with Gasteiger partial charge in [0.1, 0.15) is 0 Å². The van der Waals surface area contributed by atoms with Crippen molar-refractivity contribution in [1.82, 2.24) is 0 Å². The van der Waals surface area contributed by atoms with E-state index < -0.39 is 5.97 Å².